The van der Waals surface area contributed by atoms with Gasteiger partial charge in [0.1, 0.15) is 0 Å². The maximum absolute atomic E-state index is 12.7. The average Bonchev–Trinajstić information content (AvgIpc) is 2.98. The van der Waals surface area contributed by atoms with E-state index in [0.717, 1.165) is 24.8 Å². The van der Waals surface area contributed by atoms with Crippen LogP contribution in [0.15, 0.2) is 53.8 Å². The highest BCUT2D eigenvalue weighted by Crippen LogP contribution is 2.37. The Morgan fingerprint density at radius 2 is 2.25 bits per heavy atom. The van der Waals surface area contributed by atoms with Crippen LogP contribution >= 0.6 is 0 Å². The molecule has 0 aliphatic heterocycles. The first-order chi connectivity index (χ1) is 9.70. The summed E-state index contributed by atoms with van der Waals surface area (Å²) in [6, 6.07) is 8.33. The molecule has 1 amide bonds. The minimum absolute atomic E-state index is 0.130. The van der Waals surface area contributed by atoms with Gasteiger partial charge in [0.15, 0.2) is 0 Å². The zero-order chi connectivity index (χ0) is 14.0. The molecule has 0 saturated carbocycles. The highest BCUT2D eigenvalue weighted by molar-refractivity contribution is 5.88. The van der Waals surface area contributed by atoms with E-state index in [1.165, 1.54) is 11.1 Å². The first-order valence-electron chi connectivity index (χ1n) is 7.18. The minimum atomic E-state index is -0.398. The van der Waals surface area contributed by atoms with Crippen LogP contribution in [0.3, 0.4) is 0 Å². The van der Waals surface area contributed by atoms with Gasteiger partial charge in [0.2, 0.25) is 5.91 Å². The molecule has 20 heavy (non-hydrogen) atoms. The van der Waals surface area contributed by atoms with E-state index in [9.17, 15) is 4.79 Å². The fraction of sp³-hybridized carbons (Fsp3) is 0.333. The lowest BCUT2D eigenvalue weighted by atomic mass is 9.70. The molecule has 0 fully saturated rings. The third-order valence-electron chi connectivity index (χ3n) is 4.35. The number of hydrogen-bond donors (Lipinski definition) is 1. The average molecular weight is 265 g/mol. The molecule has 0 spiro atoms. The van der Waals surface area contributed by atoms with Crippen LogP contribution in [0.25, 0.3) is 0 Å². The number of allylic oxidation sites excluding steroid dienone is 1. The number of nitrogens with one attached hydrogen (secondary N) is 1. The van der Waals surface area contributed by atoms with Crippen molar-refractivity contribution in [3.8, 4) is 0 Å². The van der Waals surface area contributed by atoms with Gasteiger partial charge >= 0.3 is 0 Å². The first kappa shape index (κ1) is 13.0. The van der Waals surface area contributed by atoms with Crippen LogP contribution in [-0.2, 0) is 16.6 Å². The van der Waals surface area contributed by atoms with Crippen molar-refractivity contribution in [2.75, 3.05) is 6.54 Å². The fourth-order valence-corrected chi connectivity index (χ4v) is 3.13. The van der Waals surface area contributed by atoms with Crippen molar-refractivity contribution in [1.82, 2.24) is 5.32 Å². The van der Waals surface area contributed by atoms with E-state index < -0.39 is 5.41 Å². The van der Waals surface area contributed by atoms with Gasteiger partial charge in [-0.3, -0.25) is 4.79 Å². The quantitative estimate of drug-likeness (QED) is 0.836. The van der Waals surface area contributed by atoms with Crippen molar-refractivity contribution >= 4 is 5.91 Å². The zero-order valence-corrected chi connectivity index (χ0v) is 11.8. The molecule has 0 heterocycles. The van der Waals surface area contributed by atoms with Crippen molar-refractivity contribution in [2.45, 2.75) is 31.6 Å². The summed E-state index contributed by atoms with van der Waals surface area (Å²) in [6.45, 7) is 2.65. The number of aryl methyl sites for hydroxylation is 1. The maximum atomic E-state index is 12.7. The van der Waals surface area contributed by atoms with Gasteiger partial charge in [-0.15, -0.1) is 5.73 Å². The van der Waals surface area contributed by atoms with E-state index >= 15 is 0 Å². The Morgan fingerprint density at radius 3 is 3.05 bits per heavy atom. The molecule has 1 aromatic rings. The fourth-order valence-electron chi connectivity index (χ4n) is 3.13. The molecule has 2 aliphatic carbocycles. The number of rotatable bonds is 3. The molecule has 0 bridgehead atoms. The number of amides is 1. The molecule has 0 aromatic heterocycles. The molecule has 102 valence electrons. The predicted molar refractivity (Wildman–Crippen MR) is 80.5 cm³/mol. The molecule has 1 N–H and O–H groups in total. The third kappa shape index (κ3) is 2.23. The maximum Gasteiger partial charge on any atom is 0.230 e. The van der Waals surface area contributed by atoms with E-state index in [1.54, 1.807) is 0 Å². The van der Waals surface area contributed by atoms with E-state index in [2.05, 4.69) is 36.2 Å². The number of hydrogen-bond acceptors (Lipinski definition) is 1. The molecule has 0 saturated heterocycles. The Kier molecular flexibility index (Phi) is 3.33. The van der Waals surface area contributed by atoms with Crippen molar-refractivity contribution in [3.63, 3.8) is 0 Å². The van der Waals surface area contributed by atoms with Gasteiger partial charge in [0, 0.05) is 6.54 Å². The SMILES string of the molecule is CC1(C(=O)NCC2=CC=C=C2)CCCc2ccccc21. The second kappa shape index (κ2) is 5.15. The molecule has 3 rings (SSSR count). The highest BCUT2D eigenvalue weighted by Gasteiger charge is 2.38. The number of fused-ring (bicyclic) bond motifs is 1. The summed E-state index contributed by atoms with van der Waals surface area (Å²) in [5, 5.41) is 3.08. The van der Waals surface area contributed by atoms with Crippen molar-refractivity contribution < 1.29 is 4.79 Å². The van der Waals surface area contributed by atoms with Gasteiger partial charge in [-0.2, -0.15) is 0 Å². The molecule has 2 heteroatoms. The minimum Gasteiger partial charge on any atom is -0.351 e. The summed E-state index contributed by atoms with van der Waals surface area (Å²) in [7, 11) is 0. The van der Waals surface area contributed by atoms with E-state index in [0.29, 0.717) is 6.54 Å². The number of carbonyl (C=O) groups excluding carboxylic acids is 1. The van der Waals surface area contributed by atoms with Crippen LogP contribution < -0.4 is 5.32 Å². The van der Waals surface area contributed by atoms with Gasteiger partial charge in [-0.1, -0.05) is 24.3 Å². The molecule has 1 unspecified atom stereocenters. The van der Waals surface area contributed by atoms with Crippen LogP contribution in [0.1, 0.15) is 30.9 Å². The van der Waals surface area contributed by atoms with Gasteiger partial charge in [0.05, 0.1) is 5.41 Å². The van der Waals surface area contributed by atoms with Crippen LogP contribution in [-0.4, -0.2) is 12.5 Å². The Balaban J connectivity index is 1.78. The third-order valence-corrected chi connectivity index (χ3v) is 4.35. The lowest BCUT2D eigenvalue weighted by molar-refractivity contribution is -0.126. The predicted octanol–water partition coefficient (Wildman–Crippen LogP) is 3.05. The summed E-state index contributed by atoms with van der Waals surface area (Å²) in [4.78, 5) is 12.7. The monoisotopic (exact) mass is 265 g/mol. The Labute approximate surface area is 119 Å². The van der Waals surface area contributed by atoms with Gasteiger partial charge < -0.3 is 5.32 Å². The van der Waals surface area contributed by atoms with Crippen LogP contribution in [0.5, 0.6) is 0 Å². The highest BCUT2D eigenvalue weighted by atomic mass is 16.2. The first-order valence-corrected chi connectivity index (χ1v) is 7.18. The topological polar surface area (TPSA) is 29.1 Å². The molecule has 1 aromatic carbocycles. The van der Waals surface area contributed by atoms with E-state index in [-0.39, 0.29) is 5.91 Å². The second-order valence-electron chi connectivity index (χ2n) is 5.74. The molecule has 0 radical (unpaired) electrons. The van der Waals surface area contributed by atoms with Gasteiger partial charge in [-0.05, 0) is 61.1 Å². The summed E-state index contributed by atoms with van der Waals surface area (Å²) < 4.78 is 0. The summed E-state index contributed by atoms with van der Waals surface area (Å²) in [6.07, 6.45) is 8.85. The second-order valence-corrected chi connectivity index (χ2v) is 5.74. The Hall–Kier alpha value is -2.05. The Morgan fingerprint density at radius 1 is 1.40 bits per heavy atom. The van der Waals surface area contributed by atoms with Crippen molar-refractivity contribution in [1.29, 1.82) is 0 Å². The van der Waals surface area contributed by atoms with Crippen molar-refractivity contribution in [2.24, 2.45) is 0 Å². The number of benzene rings is 1. The number of carbonyl (C=O) groups is 1. The van der Waals surface area contributed by atoms with Crippen LogP contribution in [0.4, 0.5) is 0 Å². The summed E-state index contributed by atoms with van der Waals surface area (Å²) in [5.41, 5.74) is 6.22. The molecule has 1 atom stereocenters. The van der Waals surface area contributed by atoms with E-state index in [1.807, 2.05) is 24.3 Å². The van der Waals surface area contributed by atoms with E-state index in [4.69, 9.17) is 0 Å². The molecule has 2 nitrogen and oxygen atoms in total. The lowest BCUT2D eigenvalue weighted by Gasteiger charge is -2.34. The molecule has 2 aliphatic rings. The smallest absolute Gasteiger partial charge is 0.230 e. The van der Waals surface area contributed by atoms with Crippen LogP contribution in [0, 0.1) is 0 Å². The normalized spacial score (nSPS) is 23.4. The summed E-state index contributed by atoms with van der Waals surface area (Å²) in [5.74, 6) is 0.130. The Bertz CT molecular complexity index is 635. The van der Waals surface area contributed by atoms with Gasteiger partial charge in [0.25, 0.3) is 0 Å². The molecular formula is C18H19NO. The standard InChI is InChI=1S/C18H19NO/c1-18(17(20)19-13-14-7-2-3-8-14)12-6-10-15-9-4-5-11-16(15)18/h2,4-5,7-9,11H,6,10,12-13H2,1H3,(H,19,20). The lowest BCUT2D eigenvalue weighted by Crippen LogP contribution is -2.44. The van der Waals surface area contributed by atoms with Crippen molar-refractivity contribution in [3.05, 3.63) is 64.9 Å². The largest absolute Gasteiger partial charge is 0.351 e. The summed E-state index contributed by atoms with van der Waals surface area (Å²) >= 11 is 0. The van der Waals surface area contributed by atoms with Gasteiger partial charge in [-0.25, -0.2) is 0 Å². The zero-order valence-electron chi connectivity index (χ0n) is 11.8. The van der Waals surface area contributed by atoms with Crippen LogP contribution in [0.2, 0.25) is 0 Å². The molecular weight excluding hydrogens is 246 g/mol.